The summed E-state index contributed by atoms with van der Waals surface area (Å²) in [6.45, 7) is 1.89. The monoisotopic (exact) mass is 306 g/mol. The highest BCUT2D eigenvalue weighted by atomic mass is 19.4. The van der Waals surface area contributed by atoms with Crippen LogP contribution in [0.4, 0.5) is 23.8 Å². The van der Waals surface area contributed by atoms with Crippen molar-refractivity contribution in [3.05, 3.63) is 17.8 Å². The van der Waals surface area contributed by atoms with Gasteiger partial charge in [-0.3, -0.25) is 4.90 Å². The molecule has 0 bridgehead atoms. The van der Waals surface area contributed by atoms with Crippen molar-refractivity contribution in [2.45, 2.75) is 25.6 Å². The Hall–Kier alpha value is -1.94. The molecule has 0 aromatic carbocycles. The van der Waals surface area contributed by atoms with Gasteiger partial charge in [-0.2, -0.15) is 18.3 Å². The number of carbonyl (C=O) groups excluding carboxylic acids is 1. The minimum Gasteiger partial charge on any atom is -0.369 e. The number of halogens is 3. The molecular weight excluding hydrogens is 293 g/mol. The van der Waals surface area contributed by atoms with E-state index in [9.17, 15) is 23.1 Å². The third-order valence-electron chi connectivity index (χ3n) is 2.96. The molecule has 1 saturated heterocycles. The van der Waals surface area contributed by atoms with Crippen molar-refractivity contribution < 1.29 is 27.8 Å². The first kappa shape index (κ1) is 15.4. The van der Waals surface area contributed by atoms with Crippen LogP contribution in [-0.4, -0.2) is 52.3 Å². The predicted molar refractivity (Wildman–Crippen MR) is 64.1 cm³/mol. The maximum Gasteiger partial charge on any atom is 0.418 e. The standard InChI is InChI=1S/C11H13F3N4O3/c1-3-21-9-8(19)18(10(20)17(9)2)7-4-6(5-15-16-7)11(12,13)14/h4-5,8-9,19H,3H2,1-2H3. The topological polar surface area (TPSA) is 78.8 Å². The first-order chi connectivity index (χ1) is 9.77. The van der Waals surface area contributed by atoms with Crippen LogP contribution in [-0.2, 0) is 10.9 Å². The van der Waals surface area contributed by atoms with Gasteiger partial charge in [-0.25, -0.2) is 9.69 Å². The quantitative estimate of drug-likeness (QED) is 0.903. The average Bonchev–Trinajstić information content (AvgIpc) is 2.62. The number of rotatable bonds is 3. The van der Waals surface area contributed by atoms with Crippen LogP contribution in [0.3, 0.4) is 0 Å². The second kappa shape index (κ2) is 5.45. The van der Waals surface area contributed by atoms with Crippen molar-refractivity contribution in [2.75, 3.05) is 18.6 Å². The van der Waals surface area contributed by atoms with E-state index in [0.717, 1.165) is 4.90 Å². The van der Waals surface area contributed by atoms with Crippen molar-refractivity contribution in [2.24, 2.45) is 0 Å². The number of hydrogen-bond donors (Lipinski definition) is 1. The lowest BCUT2D eigenvalue weighted by molar-refractivity contribution is -0.137. The smallest absolute Gasteiger partial charge is 0.369 e. The van der Waals surface area contributed by atoms with E-state index in [4.69, 9.17) is 4.74 Å². The molecule has 1 aromatic heterocycles. The van der Waals surface area contributed by atoms with E-state index in [-0.39, 0.29) is 6.61 Å². The van der Waals surface area contributed by atoms with Crippen LogP contribution >= 0.6 is 0 Å². The van der Waals surface area contributed by atoms with Crippen molar-refractivity contribution in [3.8, 4) is 0 Å². The van der Waals surface area contributed by atoms with Crippen LogP contribution in [0.1, 0.15) is 12.5 Å². The Morgan fingerprint density at radius 2 is 2.14 bits per heavy atom. The first-order valence-corrected chi connectivity index (χ1v) is 6.03. The number of nitrogens with zero attached hydrogens (tertiary/aromatic N) is 4. The molecule has 1 aliphatic heterocycles. The molecule has 2 atom stereocenters. The van der Waals surface area contributed by atoms with Gasteiger partial charge in [0.05, 0.1) is 11.8 Å². The van der Waals surface area contributed by atoms with Crippen LogP contribution < -0.4 is 4.90 Å². The normalized spacial score (nSPS) is 23.0. The molecule has 1 fully saturated rings. The molecule has 1 aliphatic rings. The minimum atomic E-state index is -4.62. The van der Waals surface area contributed by atoms with Gasteiger partial charge in [0.2, 0.25) is 0 Å². The fraction of sp³-hybridized carbons (Fsp3) is 0.545. The Labute approximate surface area is 117 Å². The zero-order valence-electron chi connectivity index (χ0n) is 11.2. The zero-order valence-corrected chi connectivity index (χ0v) is 11.2. The third-order valence-corrected chi connectivity index (χ3v) is 2.96. The second-order valence-corrected chi connectivity index (χ2v) is 4.32. The Morgan fingerprint density at radius 1 is 1.48 bits per heavy atom. The van der Waals surface area contributed by atoms with E-state index in [2.05, 4.69) is 10.2 Å². The number of urea groups is 1. The fourth-order valence-corrected chi connectivity index (χ4v) is 1.95. The van der Waals surface area contributed by atoms with Crippen LogP contribution in [0.25, 0.3) is 0 Å². The van der Waals surface area contributed by atoms with Gasteiger partial charge < -0.3 is 9.84 Å². The summed E-state index contributed by atoms with van der Waals surface area (Å²) in [7, 11) is 1.37. The van der Waals surface area contributed by atoms with Gasteiger partial charge in [0.25, 0.3) is 0 Å². The average molecular weight is 306 g/mol. The van der Waals surface area contributed by atoms with Gasteiger partial charge in [-0.15, -0.1) is 5.10 Å². The Morgan fingerprint density at radius 3 is 2.71 bits per heavy atom. The lowest BCUT2D eigenvalue weighted by Gasteiger charge is -2.21. The van der Waals surface area contributed by atoms with Crippen LogP contribution in [0.5, 0.6) is 0 Å². The molecule has 0 saturated carbocycles. The van der Waals surface area contributed by atoms with E-state index in [0.29, 0.717) is 17.2 Å². The summed E-state index contributed by atoms with van der Waals surface area (Å²) >= 11 is 0. The van der Waals surface area contributed by atoms with Gasteiger partial charge in [0.15, 0.2) is 18.3 Å². The van der Waals surface area contributed by atoms with E-state index >= 15 is 0 Å². The van der Waals surface area contributed by atoms with Gasteiger partial charge in [-0.1, -0.05) is 0 Å². The molecule has 2 heterocycles. The van der Waals surface area contributed by atoms with Gasteiger partial charge in [-0.05, 0) is 13.0 Å². The van der Waals surface area contributed by atoms with Gasteiger partial charge >= 0.3 is 12.2 Å². The molecule has 21 heavy (non-hydrogen) atoms. The first-order valence-electron chi connectivity index (χ1n) is 6.03. The zero-order chi connectivity index (χ0) is 15.8. The number of anilines is 1. The molecule has 116 valence electrons. The highest BCUT2D eigenvalue weighted by molar-refractivity contribution is 5.93. The molecule has 2 amide bonds. The number of aliphatic hydroxyl groups excluding tert-OH is 1. The van der Waals surface area contributed by atoms with Crippen molar-refractivity contribution >= 4 is 11.8 Å². The molecule has 1 N–H and O–H groups in total. The summed E-state index contributed by atoms with van der Waals surface area (Å²) < 4.78 is 43.2. The Bertz CT molecular complexity index is 540. The van der Waals surface area contributed by atoms with Crippen molar-refractivity contribution in [3.63, 3.8) is 0 Å². The minimum absolute atomic E-state index is 0.224. The number of aliphatic hydroxyl groups is 1. The fourth-order valence-electron chi connectivity index (χ4n) is 1.95. The van der Waals surface area contributed by atoms with Crippen molar-refractivity contribution in [1.82, 2.24) is 15.1 Å². The van der Waals surface area contributed by atoms with Crippen molar-refractivity contribution in [1.29, 1.82) is 0 Å². The highest BCUT2D eigenvalue weighted by Crippen LogP contribution is 2.32. The molecule has 1 aromatic rings. The highest BCUT2D eigenvalue weighted by Gasteiger charge is 2.46. The third kappa shape index (κ3) is 2.76. The molecule has 7 nitrogen and oxygen atoms in total. The maximum atomic E-state index is 12.7. The largest absolute Gasteiger partial charge is 0.418 e. The van der Waals surface area contributed by atoms with E-state index in [1.807, 2.05) is 0 Å². The summed E-state index contributed by atoms with van der Waals surface area (Å²) in [6.07, 6.45) is -6.54. The number of ether oxygens (including phenoxy) is 1. The number of likely N-dealkylation sites (N-methyl/N-ethyl adjacent to an activating group) is 1. The molecule has 10 heteroatoms. The molecule has 0 radical (unpaired) electrons. The number of hydrogen-bond acceptors (Lipinski definition) is 5. The molecule has 0 spiro atoms. The number of aromatic nitrogens is 2. The van der Waals surface area contributed by atoms with Crippen LogP contribution in [0.15, 0.2) is 12.3 Å². The maximum absolute atomic E-state index is 12.7. The van der Waals surface area contributed by atoms with Gasteiger partial charge in [0, 0.05) is 13.7 Å². The molecule has 2 unspecified atom stereocenters. The number of alkyl halides is 3. The number of amides is 2. The molecule has 2 rings (SSSR count). The summed E-state index contributed by atoms with van der Waals surface area (Å²) in [5.74, 6) is -0.392. The van der Waals surface area contributed by atoms with Crippen LogP contribution in [0, 0.1) is 0 Å². The van der Waals surface area contributed by atoms with Gasteiger partial charge in [0.1, 0.15) is 0 Å². The lowest BCUT2D eigenvalue weighted by Crippen LogP contribution is -2.39. The second-order valence-electron chi connectivity index (χ2n) is 4.32. The van der Waals surface area contributed by atoms with Crippen LogP contribution in [0.2, 0.25) is 0 Å². The van der Waals surface area contributed by atoms with E-state index in [1.165, 1.54) is 7.05 Å². The van der Waals surface area contributed by atoms with E-state index in [1.54, 1.807) is 6.92 Å². The summed E-state index contributed by atoms with van der Waals surface area (Å²) in [5.41, 5.74) is -1.06. The lowest BCUT2D eigenvalue weighted by atomic mass is 10.3. The summed E-state index contributed by atoms with van der Waals surface area (Å²) in [6, 6.07) is -0.0782. The number of carbonyl (C=O) groups is 1. The Balaban J connectivity index is 2.36. The summed E-state index contributed by atoms with van der Waals surface area (Å²) in [4.78, 5) is 13.8. The predicted octanol–water partition coefficient (Wildman–Crippen LogP) is 1.05. The summed E-state index contributed by atoms with van der Waals surface area (Å²) in [5, 5.41) is 16.8. The Kier molecular flexibility index (Phi) is 4.01. The molecule has 0 aliphatic carbocycles. The van der Waals surface area contributed by atoms with E-state index < -0.39 is 36.0 Å². The SMILES string of the molecule is CCOC1C(O)N(c2cc(C(F)(F)F)cnn2)C(=O)N1C. The molecular formula is C11H13F3N4O3.